The number of fused-ring (bicyclic) bond motifs is 2. The molecule has 0 saturated heterocycles. The Balaban J connectivity index is 1.74. The van der Waals surface area contributed by atoms with E-state index in [2.05, 4.69) is 25.7 Å². The van der Waals surface area contributed by atoms with Crippen LogP contribution in [0.3, 0.4) is 0 Å². The minimum Gasteiger partial charge on any atom is -0.354 e. The SMILES string of the molecule is N/N=C1/c2cnc(NCC3CC3)nc2Nc2ccccc2N1N. The highest BCUT2D eigenvalue weighted by atomic mass is 15.5. The first-order chi connectivity index (χ1) is 11.3. The van der Waals surface area contributed by atoms with E-state index < -0.39 is 0 Å². The Morgan fingerprint density at radius 3 is 2.96 bits per heavy atom. The Morgan fingerprint density at radius 1 is 1.35 bits per heavy atom. The Bertz CT molecular complexity index is 768. The molecule has 8 heteroatoms. The lowest BCUT2D eigenvalue weighted by molar-refractivity contribution is 0.873. The van der Waals surface area contributed by atoms with Crippen molar-refractivity contribution < 1.29 is 0 Å². The summed E-state index contributed by atoms with van der Waals surface area (Å²) in [6.45, 7) is 0.899. The zero-order chi connectivity index (χ0) is 15.8. The number of rotatable bonds is 3. The van der Waals surface area contributed by atoms with Gasteiger partial charge in [0.05, 0.1) is 16.9 Å². The van der Waals surface area contributed by atoms with Gasteiger partial charge in [0.2, 0.25) is 5.95 Å². The molecule has 23 heavy (non-hydrogen) atoms. The maximum atomic E-state index is 6.17. The van der Waals surface area contributed by atoms with Crippen LogP contribution in [-0.4, -0.2) is 22.3 Å². The van der Waals surface area contributed by atoms with E-state index in [1.807, 2.05) is 24.3 Å². The number of aromatic nitrogens is 2. The molecule has 0 amide bonds. The third kappa shape index (κ3) is 2.53. The van der Waals surface area contributed by atoms with E-state index in [1.165, 1.54) is 17.9 Å². The Kier molecular flexibility index (Phi) is 3.23. The molecular formula is C15H18N8. The fourth-order valence-corrected chi connectivity index (χ4v) is 2.58. The van der Waals surface area contributed by atoms with E-state index in [1.54, 1.807) is 6.20 Å². The van der Waals surface area contributed by atoms with Crippen LogP contribution in [0.25, 0.3) is 0 Å². The maximum absolute atomic E-state index is 6.17. The fraction of sp³-hybridized carbons (Fsp3) is 0.267. The van der Waals surface area contributed by atoms with Gasteiger partial charge in [-0.3, -0.25) is 5.01 Å². The van der Waals surface area contributed by atoms with Crippen molar-refractivity contribution >= 4 is 29.0 Å². The highest BCUT2D eigenvalue weighted by Gasteiger charge is 2.25. The minimum absolute atomic E-state index is 0.409. The quantitative estimate of drug-likeness (QED) is 0.499. The van der Waals surface area contributed by atoms with Gasteiger partial charge in [-0.05, 0) is 30.9 Å². The van der Waals surface area contributed by atoms with Crippen LogP contribution in [0.5, 0.6) is 0 Å². The van der Waals surface area contributed by atoms with Crippen molar-refractivity contribution in [1.82, 2.24) is 9.97 Å². The van der Waals surface area contributed by atoms with E-state index in [4.69, 9.17) is 11.7 Å². The number of nitrogens with one attached hydrogen (secondary N) is 2. The van der Waals surface area contributed by atoms with Gasteiger partial charge in [-0.15, -0.1) is 0 Å². The van der Waals surface area contributed by atoms with E-state index in [-0.39, 0.29) is 0 Å². The first-order valence-corrected chi connectivity index (χ1v) is 7.56. The van der Waals surface area contributed by atoms with E-state index in [9.17, 15) is 0 Å². The summed E-state index contributed by atoms with van der Waals surface area (Å²) in [6.07, 6.45) is 4.23. The summed E-state index contributed by atoms with van der Waals surface area (Å²) in [4.78, 5) is 8.90. The molecule has 6 N–H and O–H groups in total. The molecule has 1 aromatic carbocycles. The van der Waals surface area contributed by atoms with Crippen LogP contribution in [-0.2, 0) is 0 Å². The molecule has 0 bridgehead atoms. The van der Waals surface area contributed by atoms with Crippen molar-refractivity contribution in [3.8, 4) is 0 Å². The lowest BCUT2D eigenvalue weighted by atomic mass is 10.2. The van der Waals surface area contributed by atoms with Crippen LogP contribution in [0.4, 0.5) is 23.1 Å². The summed E-state index contributed by atoms with van der Waals surface area (Å²) in [7, 11) is 0. The predicted molar refractivity (Wildman–Crippen MR) is 90.4 cm³/mol. The minimum atomic E-state index is 0.409. The summed E-state index contributed by atoms with van der Waals surface area (Å²) >= 11 is 0. The molecule has 0 unspecified atom stereocenters. The molecule has 1 saturated carbocycles. The molecule has 0 radical (unpaired) electrons. The monoisotopic (exact) mass is 310 g/mol. The summed E-state index contributed by atoms with van der Waals surface area (Å²) in [6, 6.07) is 7.65. The van der Waals surface area contributed by atoms with Crippen LogP contribution < -0.4 is 27.3 Å². The van der Waals surface area contributed by atoms with Crippen molar-refractivity contribution in [1.29, 1.82) is 0 Å². The molecule has 2 aliphatic rings. The number of hydrogen-bond donors (Lipinski definition) is 4. The summed E-state index contributed by atoms with van der Waals surface area (Å²) in [5.41, 5.74) is 2.26. The van der Waals surface area contributed by atoms with Gasteiger partial charge < -0.3 is 16.5 Å². The third-order valence-electron chi connectivity index (χ3n) is 4.04. The lowest BCUT2D eigenvalue weighted by Gasteiger charge is -2.18. The normalized spacial score (nSPS) is 18.0. The molecule has 1 aliphatic carbocycles. The first-order valence-electron chi connectivity index (χ1n) is 7.56. The van der Waals surface area contributed by atoms with E-state index in [0.717, 1.165) is 23.8 Å². The standard InChI is InChI=1S/C15H18N8/c16-22-14-10-8-19-15(18-7-9-5-6-9)21-13(10)20-11-3-1-2-4-12(11)23(14)17/h1-4,8-9H,5-7,16-17H2,(H2,18,19,20,21)/b22-14-. The molecule has 8 nitrogen and oxygen atoms in total. The molecule has 0 atom stereocenters. The number of nitrogens with two attached hydrogens (primary N) is 2. The van der Waals surface area contributed by atoms with Crippen LogP contribution in [0.1, 0.15) is 18.4 Å². The molecule has 118 valence electrons. The van der Waals surface area contributed by atoms with Gasteiger partial charge in [0.15, 0.2) is 5.84 Å². The number of hydrazone groups is 1. The fourth-order valence-electron chi connectivity index (χ4n) is 2.58. The molecule has 1 fully saturated rings. The highest BCUT2D eigenvalue weighted by molar-refractivity contribution is 6.15. The van der Waals surface area contributed by atoms with Gasteiger partial charge in [0.25, 0.3) is 0 Å². The second-order valence-electron chi connectivity index (χ2n) is 5.75. The van der Waals surface area contributed by atoms with Gasteiger partial charge in [-0.2, -0.15) is 10.1 Å². The second kappa shape index (κ2) is 5.40. The van der Waals surface area contributed by atoms with Gasteiger partial charge >= 0.3 is 0 Å². The first kappa shape index (κ1) is 13.8. The lowest BCUT2D eigenvalue weighted by Crippen LogP contribution is -2.38. The Labute approximate surface area is 133 Å². The number of para-hydroxylation sites is 2. The number of anilines is 4. The summed E-state index contributed by atoms with van der Waals surface area (Å²) < 4.78 is 0. The van der Waals surface area contributed by atoms with E-state index >= 15 is 0 Å². The summed E-state index contributed by atoms with van der Waals surface area (Å²) in [5.74, 6) is 14.1. The van der Waals surface area contributed by atoms with Crippen molar-refractivity contribution in [3.05, 3.63) is 36.0 Å². The van der Waals surface area contributed by atoms with Gasteiger partial charge in [-0.25, -0.2) is 10.8 Å². The molecule has 1 aromatic heterocycles. The molecule has 1 aliphatic heterocycles. The van der Waals surface area contributed by atoms with Crippen LogP contribution >= 0.6 is 0 Å². The number of nitrogens with zero attached hydrogens (tertiary/aromatic N) is 4. The summed E-state index contributed by atoms with van der Waals surface area (Å²) in [5, 5.41) is 11.8. The van der Waals surface area contributed by atoms with Gasteiger partial charge in [0.1, 0.15) is 5.82 Å². The topological polar surface area (TPSA) is 117 Å². The predicted octanol–water partition coefficient (Wildman–Crippen LogP) is 1.36. The van der Waals surface area contributed by atoms with E-state index in [0.29, 0.717) is 23.2 Å². The Morgan fingerprint density at radius 2 is 2.17 bits per heavy atom. The third-order valence-corrected chi connectivity index (χ3v) is 4.04. The van der Waals surface area contributed by atoms with Crippen molar-refractivity contribution in [2.75, 3.05) is 22.2 Å². The number of hydrogen-bond acceptors (Lipinski definition) is 7. The molecular weight excluding hydrogens is 292 g/mol. The van der Waals surface area contributed by atoms with Crippen LogP contribution in [0.2, 0.25) is 0 Å². The molecule has 4 rings (SSSR count). The zero-order valence-electron chi connectivity index (χ0n) is 12.5. The largest absolute Gasteiger partial charge is 0.354 e. The highest BCUT2D eigenvalue weighted by Crippen LogP contribution is 2.33. The molecule has 0 spiro atoms. The van der Waals surface area contributed by atoms with Crippen LogP contribution in [0, 0.1) is 5.92 Å². The smallest absolute Gasteiger partial charge is 0.224 e. The zero-order valence-corrected chi connectivity index (χ0v) is 12.5. The number of amidine groups is 1. The molecule has 2 heterocycles. The number of hydrazine groups is 1. The second-order valence-corrected chi connectivity index (χ2v) is 5.75. The average molecular weight is 310 g/mol. The maximum Gasteiger partial charge on any atom is 0.224 e. The van der Waals surface area contributed by atoms with Crippen molar-refractivity contribution in [2.24, 2.45) is 22.7 Å². The van der Waals surface area contributed by atoms with Gasteiger partial charge in [-0.1, -0.05) is 12.1 Å². The van der Waals surface area contributed by atoms with Gasteiger partial charge in [0, 0.05) is 12.7 Å². The average Bonchev–Trinajstić information content (AvgIpc) is 3.40. The van der Waals surface area contributed by atoms with Crippen molar-refractivity contribution in [3.63, 3.8) is 0 Å². The molecule has 2 aromatic rings. The Hall–Kier alpha value is -2.87. The number of benzene rings is 1. The van der Waals surface area contributed by atoms with Crippen molar-refractivity contribution in [2.45, 2.75) is 12.8 Å². The van der Waals surface area contributed by atoms with Crippen LogP contribution in [0.15, 0.2) is 35.6 Å².